The molecule has 0 aliphatic carbocycles. The number of thiocarbonyl (C=S) groups is 1. The van der Waals surface area contributed by atoms with Crippen molar-refractivity contribution >= 4 is 28.4 Å². The van der Waals surface area contributed by atoms with Gasteiger partial charge in [-0.15, -0.1) is 0 Å². The van der Waals surface area contributed by atoms with E-state index >= 15 is 0 Å². The topological polar surface area (TPSA) is 27.7 Å². The number of thioether (sulfide) groups is 1. The molecule has 0 N–H and O–H groups in total. The van der Waals surface area contributed by atoms with Crippen LogP contribution in [-0.2, 0) is 14.2 Å². The number of hydrogen-bond acceptors (Lipinski definition) is 5. The van der Waals surface area contributed by atoms with Gasteiger partial charge in [0.05, 0.1) is 0 Å². The van der Waals surface area contributed by atoms with Crippen LogP contribution in [0.5, 0.6) is 0 Å². The Labute approximate surface area is 108 Å². The van der Waals surface area contributed by atoms with E-state index in [0.29, 0.717) is 24.2 Å². The normalized spacial score (nSPS) is 10.8. The maximum atomic E-state index is 5.40. The van der Waals surface area contributed by atoms with E-state index in [2.05, 4.69) is 6.92 Å². The molecule has 0 spiro atoms. The van der Waals surface area contributed by atoms with E-state index in [4.69, 9.17) is 26.4 Å². The second-order valence-corrected chi connectivity index (χ2v) is 4.80. The summed E-state index contributed by atoms with van der Waals surface area (Å²) < 4.78 is 16.7. The molecule has 3 nitrogen and oxygen atoms in total. The number of ether oxygens (including phenoxy) is 3. The zero-order chi connectivity index (χ0) is 12.2. The van der Waals surface area contributed by atoms with Crippen LogP contribution < -0.4 is 0 Å². The highest BCUT2D eigenvalue weighted by molar-refractivity contribution is 8.22. The van der Waals surface area contributed by atoms with Crippen LogP contribution in [0.25, 0.3) is 0 Å². The minimum Gasteiger partial charge on any atom is -0.473 e. The maximum absolute atomic E-state index is 5.40. The van der Waals surface area contributed by atoms with Crippen LogP contribution in [0.4, 0.5) is 0 Å². The van der Waals surface area contributed by atoms with Gasteiger partial charge < -0.3 is 14.2 Å². The molecule has 0 aliphatic heterocycles. The van der Waals surface area contributed by atoms with Crippen molar-refractivity contribution in [1.29, 1.82) is 0 Å². The molecule has 0 heterocycles. The van der Waals surface area contributed by atoms with Crippen LogP contribution in [-0.4, -0.2) is 36.2 Å². The Hall–Kier alpha value is 0.160. The molecule has 0 aliphatic rings. The fourth-order valence-corrected chi connectivity index (χ4v) is 2.06. The van der Waals surface area contributed by atoms with Crippen molar-refractivity contribution in [1.82, 2.24) is 0 Å². The lowest BCUT2D eigenvalue weighted by Gasteiger charge is -2.17. The molecule has 0 fully saturated rings. The van der Waals surface area contributed by atoms with Gasteiger partial charge in [0.2, 0.25) is 4.38 Å². The first-order chi connectivity index (χ1) is 7.74. The van der Waals surface area contributed by atoms with Crippen molar-refractivity contribution < 1.29 is 14.2 Å². The molecular weight excluding hydrogens is 244 g/mol. The number of unbranched alkanes of at least 4 members (excludes halogenated alkanes) is 1. The molecule has 0 atom stereocenters. The standard InChI is InChI=1S/C11H22O3S2/c1-4-7-8-16-11(15)14-9-10(12-5-2)13-6-3/h10H,4-9H2,1-3H3. The van der Waals surface area contributed by atoms with Gasteiger partial charge in [0.15, 0.2) is 6.29 Å². The quantitative estimate of drug-likeness (QED) is 0.363. The lowest BCUT2D eigenvalue weighted by atomic mass is 10.4. The molecule has 0 saturated carbocycles. The van der Waals surface area contributed by atoms with Crippen molar-refractivity contribution in [2.24, 2.45) is 0 Å². The minimum atomic E-state index is -0.306. The van der Waals surface area contributed by atoms with Crippen molar-refractivity contribution in [3.05, 3.63) is 0 Å². The zero-order valence-corrected chi connectivity index (χ0v) is 12.0. The molecule has 0 radical (unpaired) electrons. The smallest absolute Gasteiger partial charge is 0.220 e. The monoisotopic (exact) mass is 266 g/mol. The first-order valence-electron chi connectivity index (χ1n) is 5.77. The SMILES string of the molecule is CCCCSC(=S)OCC(OCC)OCC. The molecule has 16 heavy (non-hydrogen) atoms. The van der Waals surface area contributed by atoms with Crippen LogP contribution in [0.15, 0.2) is 0 Å². The van der Waals surface area contributed by atoms with Gasteiger partial charge in [-0.25, -0.2) is 0 Å². The Balaban J connectivity index is 3.60. The van der Waals surface area contributed by atoms with Crippen LogP contribution in [0.3, 0.4) is 0 Å². The summed E-state index contributed by atoms with van der Waals surface area (Å²) >= 11 is 6.66. The van der Waals surface area contributed by atoms with Gasteiger partial charge in [-0.2, -0.15) is 0 Å². The summed E-state index contributed by atoms with van der Waals surface area (Å²) in [5, 5.41) is 0. The first kappa shape index (κ1) is 16.2. The summed E-state index contributed by atoms with van der Waals surface area (Å²) in [7, 11) is 0. The summed E-state index contributed by atoms with van der Waals surface area (Å²) in [6.45, 7) is 7.62. The molecule has 0 aromatic carbocycles. The molecule has 0 aromatic heterocycles. The average Bonchev–Trinajstić information content (AvgIpc) is 2.27. The van der Waals surface area contributed by atoms with E-state index in [1.807, 2.05) is 13.8 Å². The third kappa shape index (κ3) is 9.39. The van der Waals surface area contributed by atoms with Crippen LogP contribution in [0.2, 0.25) is 0 Å². The first-order valence-corrected chi connectivity index (χ1v) is 7.16. The highest BCUT2D eigenvalue weighted by Gasteiger charge is 2.09. The second-order valence-electron chi connectivity index (χ2n) is 3.10. The van der Waals surface area contributed by atoms with Crippen molar-refractivity contribution in [2.45, 2.75) is 39.9 Å². The lowest BCUT2D eigenvalue weighted by molar-refractivity contribution is -0.153. The van der Waals surface area contributed by atoms with E-state index in [0.717, 1.165) is 12.2 Å². The van der Waals surface area contributed by atoms with E-state index in [1.165, 1.54) is 6.42 Å². The van der Waals surface area contributed by atoms with Crippen molar-refractivity contribution in [3.8, 4) is 0 Å². The van der Waals surface area contributed by atoms with Gasteiger partial charge in [-0.3, -0.25) is 0 Å². The number of hydrogen-bond donors (Lipinski definition) is 0. The van der Waals surface area contributed by atoms with Crippen LogP contribution >= 0.6 is 24.0 Å². The number of rotatable bonds is 9. The zero-order valence-electron chi connectivity index (χ0n) is 10.4. The minimum absolute atomic E-state index is 0.306. The summed E-state index contributed by atoms with van der Waals surface area (Å²) in [6, 6.07) is 0. The predicted molar refractivity (Wildman–Crippen MR) is 73.0 cm³/mol. The van der Waals surface area contributed by atoms with Crippen molar-refractivity contribution in [3.63, 3.8) is 0 Å². The largest absolute Gasteiger partial charge is 0.473 e. The fourth-order valence-electron chi connectivity index (χ4n) is 0.994. The second kappa shape index (κ2) is 11.6. The Morgan fingerprint density at radius 1 is 1.19 bits per heavy atom. The van der Waals surface area contributed by atoms with E-state index in [1.54, 1.807) is 11.8 Å². The van der Waals surface area contributed by atoms with Crippen LogP contribution in [0.1, 0.15) is 33.6 Å². The highest BCUT2D eigenvalue weighted by Crippen LogP contribution is 2.10. The summed E-state index contributed by atoms with van der Waals surface area (Å²) in [4.78, 5) is 0. The molecule has 0 rings (SSSR count). The fraction of sp³-hybridized carbons (Fsp3) is 0.909. The lowest BCUT2D eigenvalue weighted by Crippen LogP contribution is -2.24. The van der Waals surface area contributed by atoms with Gasteiger partial charge in [0.1, 0.15) is 6.61 Å². The van der Waals surface area contributed by atoms with E-state index < -0.39 is 0 Å². The summed E-state index contributed by atoms with van der Waals surface area (Å²) in [6.07, 6.45) is 2.03. The summed E-state index contributed by atoms with van der Waals surface area (Å²) in [5.41, 5.74) is 0. The average molecular weight is 266 g/mol. The molecule has 0 bridgehead atoms. The molecule has 5 heteroatoms. The van der Waals surface area contributed by atoms with Gasteiger partial charge in [-0.05, 0) is 32.5 Å². The Morgan fingerprint density at radius 3 is 2.31 bits per heavy atom. The molecule has 0 unspecified atom stereocenters. The molecule has 0 amide bonds. The molecule has 0 aromatic rings. The predicted octanol–water partition coefficient (Wildman–Crippen LogP) is 3.22. The molecular formula is C11H22O3S2. The van der Waals surface area contributed by atoms with E-state index in [9.17, 15) is 0 Å². The Morgan fingerprint density at radius 2 is 1.81 bits per heavy atom. The van der Waals surface area contributed by atoms with Crippen LogP contribution in [0, 0.1) is 0 Å². The van der Waals surface area contributed by atoms with Gasteiger partial charge in [0.25, 0.3) is 0 Å². The highest BCUT2D eigenvalue weighted by atomic mass is 32.2. The third-order valence-corrected chi connectivity index (χ3v) is 3.08. The van der Waals surface area contributed by atoms with Gasteiger partial charge >= 0.3 is 0 Å². The maximum Gasteiger partial charge on any atom is 0.220 e. The Kier molecular flexibility index (Phi) is 11.8. The Bertz CT molecular complexity index is 171. The van der Waals surface area contributed by atoms with Gasteiger partial charge in [-0.1, -0.05) is 25.1 Å². The molecule has 96 valence electrons. The van der Waals surface area contributed by atoms with E-state index in [-0.39, 0.29) is 6.29 Å². The summed E-state index contributed by atoms with van der Waals surface area (Å²) in [5.74, 6) is 1.02. The van der Waals surface area contributed by atoms with Gasteiger partial charge in [0, 0.05) is 19.0 Å². The third-order valence-electron chi connectivity index (χ3n) is 1.76. The molecule has 0 saturated heterocycles. The van der Waals surface area contributed by atoms with Crippen molar-refractivity contribution in [2.75, 3.05) is 25.6 Å².